The Hall–Kier alpha value is -2.01. The summed E-state index contributed by atoms with van der Waals surface area (Å²) in [6.07, 6.45) is 2.97. The van der Waals surface area contributed by atoms with Crippen molar-refractivity contribution in [1.82, 2.24) is 10.6 Å². The van der Waals surface area contributed by atoms with Gasteiger partial charge in [0.2, 0.25) is 0 Å². The van der Waals surface area contributed by atoms with Crippen molar-refractivity contribution in [1.29, 1.82) is 0 Å². The molecule has 1 saturated carbocycles. The Morgan fingerprint density at radius 2 is 2.00 bits per heavy atom. The highest BCUT2D eigenvalue weighted by atomic mass is 16.3. The number of aliphatic hydroxyl groups is 1. The van der Waals surface area contributed by atoms with Crippen molar-refractivity contribution in [3.63, 3.8) is 0 Å². The number of hydrogen-bond donors (Lipinski definition) is 3. The molecule has 118 valence electrons. The van der Waals surface area contributed by atoms with Crippen molar-refractivity contribution in [3.05, 3.63) is 35.6 Å². The van der Waals surface area contributed by atoms with Crippen LogP contribution in [0, 0.1) is 6.92 Å². The normalized spacial score (nSPS) is 21.7. The Morgan fingerprint density at radius 1 is 1.27 bits per heavy atom. The molecule has 1 aliphatic carbocycles. The van der Waals surface area contributed by atoms with E-state index in [1.54, 1.807) is 0 Å². The molecule has 0 atom stereocenters. The number of carbonyl (C=O) groups excluding carboxylic acids is 1. The third kappa shape index (κ3) is 3.25. The van der Waals surface area contributed by atoms with Crippen LogP contribution in [-0.2, 0) is 6.54 Å². The molecule has 2 amide bonds. The van der Waals surface area contributed by atoms with Crippen LogP contribution >= 0.6 is 0 Å². The topological polar surface area (TPSA) is 74.5 Å². The standard InChI is InChI=1S/C17H22N2O3/c1-11-14-4-2-3-5-15(14)22-16(11)10-18-17(21)19-12-6-8-13(20)9-7-12/h2-5,12-13,20H,6-10H2,1H3,(H2,18,19,21). The van der Waals surface area contributed by atoms with Crippen molar-refractivity contribution >= 4 is 17.0 Å². The number of aliphatic hydroxyl groups excluding tert-OH is 1. The zero-order valence-corrected chi connectivity index (χ0v) is 12.8. The van der Waals surface area contributed by atoms with Crippen LogP contribution in [0.1, 0.15) is 37.0 Å². The molecule has 1 aromatic heterocycles. The molecule has 0 spiro atoms. The summed E-state index contributed by atoms with van der Waals surface area (Å²) in [6, 6.07) is 7.84. The number of benzene rings is 1. The van der Waals surface area contributed by atoms with E-state index in [1.165, 1.54) is 0 Å². The first-order valence-corrected chi connectivity index (χ1v) is 7.83. The Labute approximate surface area is 129 Å². The van der Waals surface area contributed by atoms with E-state index in [1.807, 2.05) is 31.2 Å². The fourth-order valence-electron chi connectivity index (χ4n) is 3.01. The molecule has 3 rings (SSSR count). The van der Waals surface area contributed by atoms with E-state index >= 15 is 0 Å². The maximum atomic E-state index is 12.0. The van der Waals surface area contributed by atoms with Gasteiger partial charge in [-0.3, -0.25) is 0 Å². The first-order valence-electron chi connectivity index (χ1n) is 7.83. The van der Waals surface area contributed by atoms with E-state index < -0.39 is 0 Å². The quantitative estimate of drug-likeness (QED) is 0.816. The molecule has 1 fully saturated rings. The second kappa shape index (κ2) is 6.40. The van der Waals surface area contributed by atoms with Crippen LogP contribution in [0.5, 0.6) is 0 Å². The fourth-order valence-corrected chi connectivity index (χ4v) is 3.01. The molecule has 2 aromatic rings. The van der Waals surface area contributed by atoms with Gasteiger partial charge in [-0.25, -0.2) is 4.79 Å². The third-order valence-electron chi connectivity index (χ3n) is 4.38. The molecule has 0 saturated heterocycles. The Bertz CT molecular complexity index is 657. The molecule has 0 bridgehead atoms. The molecule has 3 N–H and O–H groups in total. The second-order valence-corrected chi connectivity index (χ2v) is 5.98. The molecule has 0 aliphatic heterocycles. The van der Waals surface area contributed by atoms with Crippen LogP contribution in [-0.4, -0.2) is 23.3 Å². The van der Waals surface area contributed by atoms with Gasteiger partial charge in [-0.05, 0) is 38.7 Å². The first kappa shape index (κ1) is 14.9. The summed E-state index contributed by atoms with van der Waals surface area (Å²) in [7, 11) is 0. The van der Waals surface area contributed by atoms with Gasteiger partial charge in [-0.1, -0.05) is 18.2 Å². The highest BCUT2D eigenvalue weighted by molar-refractivity contribution is 5.82. The Balaban J connectivity index is 1.55. The molecule has 1 aliphatic rings. The number of fused-ring (bicyclic) bond motifs is 1. The lowest BCUT2D eigenvalue weighted by atomic mass is 9.93. The zero-order valence-electron chi connectivity index (χ0n) is 12.8. The monoisotopic (exact) mass is 302 g/mol. The smallest absolute Gasteiger partial charge is 0.315 e. The van der Waals surface area contributed by atoms with Gasteiger partial charge in [0.05, 0.1) is 12.6 Å². The largest absolute Gasteiger partial charge is 0.459 e. The highest BCUT2D eigenvalue weighted by Gasteiger charge is 2.20. The highest BCUT2D eigenvalue weighted by Crippen LogP contribution is 2.24. The molecule has 5 heteroatoms. The number of nitrogens with one attached hydrogen (secondary N) is 2. The van der Waals surface area contributed by atoms with E-state index in [0.717, 1.165) is 48.0 Å². The summed E-state index contributed by atoms with van der Waals surface area (Å²) in [6.45, 7) is 2.38. The number of urea groups is 1. The number of para-hydroxylation sites is 1. The average molecular weight is 302 g/mol. The van der Waals surface area contributed by atoms with Gasteiger partial charge in [0.1, 0.15) is 11.3 Å². The number of hydrogen-bond acceptors (Lipinski definition) is 3. The van der Waals surface area contributed by atoms with Gasteiger partial charge in [0, 0.05) is 17.0 Å². The second-order valence-electron chi connectivity index (χ2n) is 5.98. The average Bonchev–Trinajstić information content (AvgIpc) is 2.84. The summed E-state index contributed by atoms with van der Waals surface area (Å²) in [5, 5.41) is 16.4. The summed E-state index contributed by atoms with van der Waals surface area (Å²) >= 11 is 0. The number of furan rings is 1. The van der Waals surface area contributed by atoms with Crippen LogP contribution in [0.2, 0.25) is 0 Å². The van der Waals surface area contributed by atoms with Crippen molar-refractivity contribution in [2.75, 3.05) is 0 Å². The molecule has 22 heavy (non-hydrogen) atoms. The van der Waals surface area contributed by atoms with E-state index in [0.29, 0.717) is 6.54 Å². The van der Waals surface area contributed by atoms with Gasteiger partial charge >= 0.3 is 6.03 Å². The van der Waals surface area contributed by atoms with Crippen molar-refractivity contribution in [2.45, 2.75) is 51.3 Å². The maximum absolute atomic E-state index is 12.0. The van der Waals surface area contributed by atoms with Crippen LogP contribution < -0.4 is 10.6 Å². The minimum atomic E-state index is -0.209. The minimum Gasteiger partial charge on any atom is -0.459 e. The van der Waals surface area contributed by atoms with Gasteiger partial charge in [0.15, 0.2) is 0 Å². The predicted octanol–water partition coefficient (Wildman–Crippen LogP) is 2.84. The fraction of sp³-hybridized carbons (Fsp3) is 0.471. The summed E-state index contributed by atoms with van der Waals surface area (Å²) in [5.41, 5.74) is 1.91. The van der Waals surface area contributed by atoms with E-state index in [4.69, 9.17) is 4.42 Å². The zero-order chi connectivity index (χ0) is 15.5. The van der Waals surface area contributed by atoms with E-state index in [2.05, 4.69) is 10.6 Å². The molecule has 0 radical (unpaired) electrons. The summed E-state index contributed by atoms with van der Waals surface area (Å²) in [4.78, 5) is 12.0. The molecule has 5 nitrogen and oxygen atoms in total. The SMILES string of the molecule is Cc1c(CNC(=O)NC2CCC(O)CC2)oc2ccccc12. The van der Waals surface area contributed by atoms with Gasteiger partial charge in [-0.2, -0.15) is 0 Å². The van der Waals surface area contributed by atoms with Crippen molar-refractivity contribution in [3.8, 4) is 0 Å². The van der Waals surface area contributed by atoms with Crippen LogP contribution in [0.25, 0.3) is 11.0 Å². The lowest BCUT2D eigenvalue weighted by molar-refractivity contribution is 0.117. The number of rotatable bonds is 3. The lowest BCUT2D eigenvalue weighted by Crippen LogP contribution is -2.43. The van der Waals surface area contributed by atoms with Crippen LogP contribution in [0.3, 0.4) is 0 Å². The molecular formula is C17H22N2O3. The molecule has 0 unspecified atom stereocenters. The summed E-state index contributed by atoms with van der Waals surface area (Å²) in [5.74, 6) is 0.787. The maximum Gasteiger partial charge on any atom is 0.315 e. The predicted molar refractivity (Wildman–Crippen MR) is 84.6 cm³/mol. The van der Waals surface area contributed by atoms with Crippen molar-refractivity contribution < 1.29 is 14.3 Å². The first-order chi connectivity index (χ1) is 10.6. The van der Waals surface area contributed by atoms with Crippen LogP contribution in [0.4, 0.5) is 4.79 Å². The molecule has 1 heterocycles. The third-order valence-corrected chi connectivity index (χ3v) is 4.38. The van der Waals surface area contributed by atoms with E-state index in [9.17, 15) is 9.90 Å². The number of aryl methyl sites for hydroxylation is 1. The van der Waals surface area contributed by atoms with Crippen molar-refractivity contribution in [2.24, 2.45) is 0 Å². The molecule has 1 aromatic carbocycles. The van der Waals surface area contributed by atoms with Gasteiger partial charge in [0.25, 0.3) is 0 Å². The lowest BCUT2D eigenvalue weighted by Gasteiger charge is -2.26. The van der Waals surface area contributed by atoms with E-state index in [-0.39, 0.29) is 18.2 Å². The summed E-state index contributed by atoms with van der Waals surface area (Å²) < 4.78 is 5.78. The Morgan fingerprint density at radius 3 is 2.73 bits per heavy atom. The van der Waals surface area contributed by atoms with Gasteiger partial charge < -0.3 is 20.2 Å². The number of amides is 2. The van der Waals surface area contributed by atoms with Crippen LogP contribution in [0.15, 0.2) is 28.7 Å². The number of carbonyl (C=O) groups is 1. The minimum absolute atomic E-state index is 0.153. The Kier molecular flexibility index (Phi) is 4.34. The molecular weight excluding hydrogens is 280 g/mol. The van der Waals surface area contributed by atoms with Gasteiger partial charge in [-0.15, -0.1) is 0 Å².